The molecule has 2 aromatic carbocycles. The predicted octanol–water partition coefficient (Wildman–Crippen LogP) is 4.55. The number of pyridine rings is 1. The smallest absolute Gasteiger partial charge is 0.335 e. The number of carboxylic acid groups (broad SMARTS) is 1. The van der Waals surface area contributed by atoms with Crippen LogP contribution in [0.4, 0.5) is 0 Å². The number of aromatic amines is 1. The number of aromatic carboxylic acids is 1. The van der Waals surface area contributed by atoms with E-state index < -0.39 is 5.97 Å². The number of carboxylic acids is 1. The molecule has 0 bridgehead atoms. The van der Waals surface area contributed by atoms with Crippen LogP contribution in [0.3, 0.4) is 0 Å². The number of hydrogen-bond acceptors (Lipinski definition) is 3. The van der Waals surface area contributed by atoms with Crippen molar-refractivity contribution in [2.45, 2.75) is 6.42 Å². The van der Waals surface area contributed by atoms with Gasteiger partial charge in [0.15, 0.2) is 0 Å². The summed E-state index contributed by atoms with van der Waals surface area (Å²) in [6, 6.07) is 18.7. The second kappa shape index (κ2) is 6.61. The molecule has 0 fully saturated rings. The predicted molar refractivity (Wildman–Crippen MR) is 104 cm³/mol. The molecule has 0 atom stereocenters. The first kappa shape index (κ1) is 16.3. The highest BCUT2D eigenvalue weighted by atomic mass is 32.1. The topological polar surface area (TPSA) is 70.2 Å². The van der Waals surface area contributed by atoms with Gasteiger partial charge in [-0.1, -0.05) is 36.4 Å². The van der Waals surface area contributed by atoms with Crippen molar-refractivity contribution in [3.63, 3.8) is 0 Å². The minimum absolute atomic E-state index is 0.0701. The fraction of sp³-hybridized carbons (Fsp3) is 0.0476. The van der Waals surface area contributed by atoms with Gasteiger partial charge in [0.25, 0.3) is 5.56 Å². The van der Waals surface area contributed by atoms with E-state index in [-0.39, 0.29) is 11.1 Å². The fourth-order valence-corrected chi connectivity index (χ4v) is 4.25. The molecule has 0 aliphatic rings. The first-order valence-corrected chi connectivity index (χ1v) is 8.95. The summed E-state index contributed by atoms with van der Waals surface area (Å²) in [5, 5.41) is 10.3. The first-order valence-electron chi connectivity index (χ1n) is 8.13. The largest absolute Gasteiger partial charge is 0.478 e. The van der Waals surface area contributed by atoms with Crippen molar-refractivity contribution in [1.82, 2.24) is 4.98 Å². The molecule has 0 aliphatic heterocycles. The molecule has 0 unspecified atom stereocenters. The molecule has 4 rings (SSSR count). The molecule has 2 heterocycles. The number of H-pyrrole nitrogens is 1. The molecule has 4 nitrogen and oxygen atoms in total. The fourth-order valence-electron chi connectivity index (χ4n) is 3.03. The summed E-state index contributed by atoms with van der Waals surface area (Å²) in [6.45, 7) is 0. The monoisotopic (exact) mass is 361 g/mol. The molecule has 0 radical (unpaired) electrons. The van der Waals surface area contributed by atoms with Crippen LogP contribution in [-0.4, -0.2) is 16.1 Å². The third kappa shape index (κ3) is 3.05. The Balaban J connectivity index is 1.79. The van der Waals surface area contributed by atoms with Gasteiger partial charge in [-0.05, 0) is 40.8 Å². The molecule has 0 aliphatic carbocycles. The molecule has 128 valence electrons. The summed E-state index contributed by atoms with van der Waals surface area (Å²) >= 11 is 1.64. The number of fused-ring (bicyclic) bond motifs is 1. The summed E-state index contributed by atoms with van der Waals surface area (Å²) < 4.78 is 1.09. The van der Waals surface area contributed by atoms with E-state index in [0.29, 0.717) is 6.42 Å². The SMILES string of the molecule is O=C(O)c1cccc(-c2cccc3cc(Cc4ccc[nH]c4=O)sc23)c1. The Morgan fingerprint density at radius 3 is 2.69 bits per heavy atom. The average molecular weight is 361 g/mol. The summed E-state index contributed by atoms with van der Waals surface area (Å²) in [6.07, 6.45) is 2.20. The molecule has 0 saturated carbocycles. The molecule has 0 amide bonds. The van der Waals surface area contributed by atoms with Crippen LogP contribution in [-0.2, 0) is 6.42 Å². The van der Waals surface area contributed by atoms with Gasteiger partial charge < -0.3 is 10.1 Å². The van der Waals surface area contributed by atoms with Crippen molar-refractivity contribution in [1.29, 1.82) is 0 Å². The maximum Gasteiger partial charge on any atom is 0.335 e. The third-order valence-electron chi connectivity index (χ3n) is 4.28. The highest BCUT2D eigenvalue weighted by Crippen LogP contribution is 2.35. The second-order valence-corrected chi connectivity index (χ2v) is 7.16. The van der Waals surface area contributed by atoms with Crippen molar-refractivity contribution in [2.75, 3.05) is 0 Å². The maximum absolute atomic E-state index is 11.9. The molecule has 4 aromatic rings. The number of benzene rings is 2. The van der Waals surface area contributed by atoms with Gasteiger partial charge in [-0.15, -0.1) is 11.3 Å². The summed E-state index contributed by atoms with van der Waals surface area (Å²) in [4.78, 5) is 27.0. The Bertz CT molecular complexity index is 1170. The zero-order chi connectivity index (χ0) is 18.1. The lowest BCUT2D eigenvalue weighted by atomic mass is 10.0. The molecule has 5 heteroatoms. The van der Waals surface area contributed by atoms with E-state index in [9.17, 15) is 14.7 Å². The highest BCUT2D eigenvalue weighted by Gasteiger charge is 2.11. The molecule has 2 aromatic heterocycles. The van der Waals surface area contributed by atoms with Crippen LogP contribution in [0.25, 0.3) is 21.2 Å². The van der Waals surface area contributed by atoms with E-state index in [0.717, 1.165) is 31.7 Å². The number of thiophene rings is 1. The lowest BCUT2D eigenvalue weighted by Gasteiger charge is -2.04. The van der Waals surface area contributed by atoms with Gasteiger partial charge in [0, 0.05) is 27.8 Å². The highest BCUT2D eigenvalue weighted by molar-refractivity contribution is 7.19. The van der Waals surface area contributed by atoms with Crippen molar-refractivity contribution >= 4 is 27.4 Å². The van der Waals surface area contributed by atoms with Crippen LogP contribution in [0, 0.1) is 0 Å². The van der Waals surface area contributed by atoms with E-state index in [2.05, 4.69) is 11.1 Å². The van der Waals surface area contributed by atoms with E-state index in [4.69, 9.17) is 0 Å². The average Bonchev–Trinajstić information content (AvgIpc) is 3.06. The van der Waals surface area contributed by atoms with Crippen molar-refractivity contribution < 1.29 is 9.90 Å². The van der Waals surface area contributed by atoms with Crippen molar-refractivity contribution in [3.05, 3.63) is 93.2 Å². The standard InChI is InChI=1S/C21H15NO3S/c23-20-15(7-3-9-22-20)12-17-11-14-5-2-8-18(19(14)26-17)13-4-1-6-16(10-13)21(24)25/h1-11H,12H2,(H,22,23)(H,24,25). The molecular weight excluding hydrogens is 346 g/mol. The van der Waals surface area contributed by atoms with E-state index in [1.165, 1.54) is 0 Å². The summed E-state index contributed by atoms with van der Waals surface area (Å²) in [5.41, 5.74) is 2.81. The quantitative estimate of drug-likeness (QED) is 0.560. The molecule has 2 N–H and O–H groups in total. The van der Waals surface area contributed by atoms with Crippen LogP contribution < -0.4 is 5.56 Å². The van der Waals surface area contributed by atoms with Crippen molar-refractivity contribution in [3.8, 4) is 11.1 Å². The second-order valence-electron chi connectivity index (χ2n) is 6.02. The van der Waals surface area contributed by atoms with Crippen LogP contribution in [0.2, 0.25) is 0 Å². The van der Waals surface area contributed by atoms with Crippen LogP contribution in [0.15, 0.2) is 71.7 Å². The Labute approximate surface area is 153 Å². The first-order chi connectivity index (χ1) is 12.6. The number of carbonyl (C=O) groups is 1. The van der Waals surface area contributed by atoms with Gasteiger partial charge >= 0.3 is 5.97 Å². The van der Waals surface area contributed by atoms with Crippen molar-refractivity contribution in [2.24, 2.45) is 0 Å². The van der Waals surface area contributed by atoms with Gasteiger partial charge in [-0.25, -0.2) is 4.79 Å². The zero-order valence-electron chi connectivity index (χ0n) is 13.7. The number of rotatable bonds is 4. The Kier molecular flexibility index (Phi) is 4.14. The summed E-state index contributed by atoms with van der Waals surface area (Å²) in [7, 11) is 0. The number of nitrogens with one attached hydrogen (secondary N) is 1. The molecule has 0 spiro atoms. The van der Waals surface area contributed by atoms with Gasteiger partial charge in [0.2, 0.25) is 0 Å². The molecular formula is C21H15NO3S. The van der Waals surface area contributed by atoms with Gasteiger partial charge in [0.1, 0.15) is 0 Å². The van der Waals surface area contributed by atoms with Gasteiger partial charge in [-0.2, -0.15) is 0 Å². The van der Waals surface area contributed by atoms with Gasteiger partial charge in [0.05, 0.1) is 5.56 Å². The third-order valence-corrected chi connectivity index (χ3v) is 5.46. The van der Waals surface area contributed by atoms with Crippen LogP contribution in [0.1, 0.15) is 20.8 Å². The minimum Gasteiger partial charge on any atom is -0.478 e. The maximum atomic E-state index is 11.9. The minimum atomic E-state index is -0.936. The van der Waals surface area contributed by atoms with Crippen LogP contribution in [0.5, 0.6) is 0 Å². The van der Waals surface area contributed by atoms with E-state index in [1.54, 1.807) is 35.7 Å². The molecule has 26 heavy (non-hydrogen) atoms. The normalized spacial score (nSPS) is 10.9. The Hall–Kier alpha value is -3.18. The van der Waals surface area contributed by atoms with E-state index >= 15 is 0 Å². The summed E-state index contributed by atoms with van der Waals surface area (Å²) in [5.74, 6) is -0.936. The molecule has 0 saturated heterocycles. The Morgan fingerprint density at radius 1 is 1.04 bits per heavy atom. The number of hydrogen-bond donors (Lipinski definition) is 2. The lowest BCUT2D eigenvalue weighted by Crippen LogP contribution is -2.10. The lowest BCUT2D eigenvalue weighted by molar-refractivity contribution is 0.0697. The van der Waals surface area contributed by atoms with E-state index in [1.807, 2.05) is 36.4 Å². The zero-order valence-corrected chi connectivity index (χ0v) is 14.5. The van der Waals surface area contributed by atoms with Crippen LogP contribution >= 0.6 is 11.3 Å². The Morgan fingerprint density at radius 2 is 1.88 bits per heavy atom. The number of aromatic nitrogens is 1. The van der Waals surface area contributed by atoms with Gasteiger partial charge in [-0.3, -0.25) is 4.79 Å².